The zero-order valence-corrected chi connectivity index (χ0v) is 11.8. The molecule has 1 saturated carbocycles. The Hall–Kier alpha value is -2.17. The predicted octanol–water partition coefficient (Wildman–Crippen LogP) is 3.58. The highest BCUT2D eigenvalue weighted by Crippen LogP contribution is 2.21. The van der Waals surface area contributed by atoms with Crippen LogP contribution in [0.4, 0.5) is 16.2 Å². The zero-order chi connectivity index (χ0) is 14.5. The van der Waals surface area contributed by atoms with Crippen molar-refractivity contribution < 1.29 is 4.39 Å². The third kappa shape index (κ3) is 3.90. The first-order chi connectivity index (χ1) is 10.3. The van der Waals surface area contributed by atoms with Crippen LogP contribution in [0.15, 0.2) is 36.5 Å². The van der Waals surface area contributed by atoms with Crippen molar-refractivity contribution in [3.05, 3.63) is 47.9 Å². The van der Waals surface area contributed by atoms with Gasteiger partial charge >= 0.3 is 0 Å². The molecule has 0 radical (unpaired) electrons. The number of hydrogen-bond acceptors (Lipinski definition) is 4. The number of nitrogens with one attached hydrogen (secondary N) is 2. The average Bonchev–Trinajstić information content (AvgIpc) is 3.00. The fraction of sp³-hybridized carbons (Fsp3) is 0.375. The van der Waals surface area contributed by atoms with Crippen molar-refractivity contribution in [2.75, 3.05) is 10.6 Å². The summed E-state index contributed by atoms with van der Waals surface area (Å²) in [7, 11) is 0. The van der Waals surface area contributed by atoms with Gasteiger partial charge in [-0.3, -0.25) is 0 Å². The number of benzene rings is 1. The van der Waals surface area contributed by atoms with Crippen LogP contribution in [0.25, 0.3) is 0 Å². The molecule has 4 nitrogen and oxygen atoms in total. The van der Waals surface area contributed by atoms with Gasteiger partial charge in [0.2, 0.25) is 5.95 Å². The van der Waals surface area contributed by atoms with Gasteiger partial charge in [0.15, 0.2) is 0 Å². The van der Waals surface area contributed by atoms with Crippen molar-refractivity contribution >= 4 is 11.8 Å². The Balaban J connectivity index is 1.58. The average molecular weight is 286 g/mol. The summed E-state index contributed by atoms with van der Waals surface area (Å²) >= 11 is 0. The largest absolute Gasteiger partial charge is 0.366 e. The Morgan fingerprint density at radius 2 is 1.86 bits per heavy atom. The summed E-state index contributed by atoms with van der Waals surface area (Å²) in [6, 6.07) is 8.79. The van der Waals surface area contributed by atoms with Crippen molar-refractivity contribution in [2.45, 2.75) is 38.3 Å². The van der Waals surface area contributed by atoms with Gasteiger partial charge in [0.25, 0.3) is 0 Å². The summed E-state index contributed by atoms with van der Waals surface area (Å²) in [4.78, 5) is 8.72. The van der Waals surface area contributed by atoms with Crippen LogP contribution < -0.4 is 10.6 Å². The molecule has 110 valence electrons. The van der Waals surface area contributed by atoms with Crippen LogP contribution in [-0.4, -0.2) is 16.0 Å². The van der Waals surface area contributed by atoms with E-state index in [1.54, 1.807) is 18.3 Å². The normalized spacial score (nSPS) is 15.1. The van der Waals surface area contributed by atoms with Gasteiger partial charge < -0.3 is 10.6 Å². The second-order valence-corrected chi connectivity index (χ2v) is 5.37. The van der Waals surface area contributed by atoms with Crippen LogP contribution in [-0.2, 0) is 6.54 Å². The summed E-state index contributed by atoms with van der Waals surface area (Å²) in [6.07, 6.45) is 6.69. The zero-order valence-electron chi connectivity index (χ0n) is 11.8. The molecular weight excluding hydrogens is 267 g/mol. The molecule has 1 aliphatic carbocycles. The Bertz CT molecular complexity index is 579. The van der Waals surface area contributed by atoms with Crippen molar-refractivity contribution in [3.63, 3.8) is 0 Å². The Morgan fingerprint density at radius 3 is 2.62 bits per heavy atom. The standard InChI is InChI=1S/C16H19FN4/c17-13-7-5-12(6-8-13)11-19-15-9-10-18-16(21-15)20-14-3-1-2-4-14/h5-10,14H,1-4,11H2,(H2,18,19,20,21). The van der Waals surface area contributed by atoms with E-state index in [2.05, 4.69) is 20.6 Å². The van der Waals surface area contributed by atoms with Crippen LogP contribution in [0.2, 0.25) is 0 Å². The molecule has 0 aliphatic heterocycles. The smallest absolute Gasteiger partial charge is 0.224 e. The quantitative estimate of drug-likeness (QED) is 0.882. The van der Waals surface area contributed by atoms with E-state index >= 15 is 0 Å². The van der Waals surface area contributed by atoms with Crippen molar-refractivity contribution in [2.24, 2.45) is 0 Å². The van der Waals surface area contributed by atoms with Crippen molar-refractivity contribution in [1.29, 1.82) is 0 Å². The van der Waals surface area contributed by atoms with Crippen molar-refractivity contribution in [1.82, 2.24) is 9.97 Å². The van der Waals surface area contributed by atoms with Gasteiger partial charge in [0, 0.05) is 18.8 Å². The summed E-state index contributed by atoms with van der Waals surface area (Å²) in [5.41, 5.74) is 1.01. The Kier molecular flexibility index (Phi) is 4.28. The highest BCUT2D eigenvalue weighted by atomic mass is 19.1. The van der Waals surface area contributed by atoms with E-state index in [-0.39, 0.29) is 5.82 Å². The van der Waals surface area contributed by atoms with Crippen molar-refractivity contribution in [3.8, 4) is 0 Å². The molecule has 5 heteroatoms. The molecule has 1 aromatic carbocycles. The molecule has 2 N–H and O–H groups in total. The molecule has 0 unspecified atom stereocenters. The minimum Gasteiger partial charge on any atom is -0.366 e. The van der Waals surface area contributed by atoms with Crippen LogP contribution in [0.1, 0.15) is 31.2 Å². The van der Waals surface area contributed by atoms with Gasteiger partial charge in [-0.1, -0.05) is 25.0 Å². The fourth-order valence-electron chi connectivity index (χ4n) is 2.57. The van der Waals surface area contributed by atoms with E-state index in [0.29, 0.717) is 18.5 Å². The van der Waals surface area contributed by atoms with Gasteiger partial charge in [-0.15, -0.1) is 0 Å². The number of halogens is 1. The third-order valence-corrected chi connectivity index (χ3v) is 3.73. The topological polar surface area (TPSA) is 49.8 Å². The number of rotatable bonds is 5. The van der Waals surface area contributed by atoms with Crippen LogP contribution in [0, 0.1) is 5.82 Å². The molecule has 0 saturated heterocycles. The second kappa shape index (κ2) is 6.52. The molecule has 1 aromatic heterocycles. The molecule has 1 aliphatic rings. The summed E-state index contributed by atoms with van der Waals surface area (Å²) < 4.78 is 12.8. The molecule has 0 bridgehead atoms. The van der Waals surface area contributed by atoms with E-state index in [4.69, 9.17) is 0 Å². The molecule has 21 heavy (non-hydrogen) atoms. The second-order valence-electron chi connectivity index (χ2n) is 5.37. The molecule has 1 fully saturated rings. The van der Waals surface area contributed by atoms with E-state index in [9.17, 15) is 4.39 Å². The highest BCUT2D eigenvalue weighted by Gasteiger charge is 2.15. The van der Waals surface area contributed by atoms with Gasteiger partial charge in [-0.05, 0) is 36.6 Å². The minimum atomic E-state index is -0.219. The maximum atomic E-state index is 12.8. The first-order valence-corrected chi connectivity index (χ1v) is 7.37. The number of nitrogens with zero attached hydrogens (tertiary/aromatic N) is 2. The van der Waals surface area contributed by atoms with E-state index < -0.39 is 0 Å². The van der Waals surface area contributed by atoms with Gasteiger partial charge in [0.1, 0.15) is 11.6 Å². The number of anilines is 2. The lowest BCUT2D eigenvalue weighted by molar-refractivity contribution is 0.627. The predicted molar refractivity (Wildman–Crippen MR) is 81.6 cm³/mol. The van der Waals surface area contributed by atoms with Crippen LogP contribution in [0.5, 0.6) is 0 Å². The van der Waals surface area contributed by atoms with E-state index in [1.807, 2.05) is 6.07 Å². The monoisotopic (exact) mass is 286 g/mol. The molecule has 0 spiro atoms. The number of aromatic nitrogens is 2. The molecule has 1 heterocycles. The first-order valence-electron chi connectivity index (χ1n) is 7.37. The minimum absolute atomic E-state index is 0.219. The molecule has 3 rings (SSSR count). The lowest BCUT2D eigenvalue weighted by Gasteiger charge is -2.12. The lowest BCUT2D eigenvalue weighted by Crippen LogP contribution is -2.17. The maximum Gasteiger partial charge on any atom is 0.224 e. The van der Waals surface area contributed by atoms with Gasteiger partial charge in [-0.2, -0.15) is 4.98 Å². The molecule has 0 amide bonds. The van der Waals surface area contributed by atoms with Crippen LogP contribution in [0.3, 0.4) is 0 Å². The fourth-order valence-corrected chi connectivity index (χ4v) is 2.57. The molecule has 0 atom stereocenters. The van der Waals surface area contributed by atoms with Gasteiger partial charge in [-0.25, -0.2) is 9.37 Å². The summed E-state index contributed by atoms with van der Waals surface area (Å²) in [6.45, 7) is 0.611. The van der Waals surface area contributed by atoms with E-state index in [1.165, 1.54) is 37.8 Å². The molecule has 2 aromatic rings. The maximum absolute atomic E-state index is 12.8. The third-order valence-electron chi connectivity index (χ3n) is 3.73. The number of hydrogen-bond donors (Lipinski definition) is 2. The van der Waals surface area contributed by atoms with Gasteiger partial charge in [0.05, 0.1) is 0 Å². The first kappa shape index (κ1) is 13.8. The summed E-state index contributed by atoms with van der Waals surface area (Å²) in [5.74, 6) is 1.23. The van der Waals surface area contributed by atoms with Crippen LogP contribution >= 0.6 is 0 Å². The Labute approximate surface area is 123 Å². The summed E-state index contributed by atoms with van der Waals surface area (Å²) in [5, 5.41) is 6.61. The SMILES string of the molecule is Fc1ccc(CNc2ccnc(NC3CCCC3)n2)cc1. The molecular formula is C16H19FN4. The Morgan fingerprint density at radius 1 is 1.10 bits per heavy atom. The van der Waals surface area contributed by atoms with E-state index in [0.717, 1.165) is 11.4 Å². The highest BCUT2D eigenvalue weighted by molar-refractivity contribution is 5.40. The lowest BCUT2D eigenvalue weighted by atomic mass is 10.2.